The molecule has 0 aliphatic heterocycles. The zero-order valence-electron chi connectivity index (χ0n) is 11.4. The van der Waals surface area contributed by atoms with Crippen molar-refractivity contribution >= 4 is 21.9 Å². The Morgan fingerprint density at radius 1 is 0.952 bits per heavy atom. The van der Waals surface area contributed by atoms with Gasteiger partial charge in [0.05, 0.1) is 6.26 Å². The summed E-state index contributed by atoms with van der Waals surface area (Å²) in [5.74, 6) is 0. The first kappa shape index (κ1) is 12.0. The highest BCUT2D eigenvalue weighted by Crippen LogP contribution is 2.33. The smallest absolute Gasteiger partial charge is 0.339 e. The van der Waals surface area contributed by atoms with Crippen LogP contribution in [0.2, 0.25) is 0 Å². The Kier molecular flexibility index (Phi) is 2.48. The summed E-state index contributed by atoms with van der Waals surface area (Å²) in [7, 11) is 0. The highest BCUT2D eigenvalue weighted by Gasteiger charge is 2.11. The van der Waals surface area contributed by atoms with Gasteiger partial charge in [-0.05, 0) is 30.7 Å². The SMILES string of the molecule is Cc1cc2cc3occ(-c4ccccc4)c3cc2oc1=O. The molecular weight excluding hydrogens is 264 g/mol. The van der Waals surface area contributed by atoms with Gasteiger partial charge in [-0.1, -0.05) is 30.3 Å². The molecule has 2 heterocycles. The van der Waals surface area contributed by atoms with Gasteiger partial charge in [-0.3, -0.25) is 0 Å². The first-order chi connectivity index (χ1) is 10.2. The molecule has 0 bridgehead atoms. The molecule has 0 atom stereocenters. The summed E-state index contributed by atoms with van der Waals surface area (Å²) >= 11 is 0. The Hall–Kier alpha value is -2.81. The largest absolute Gasteiger partial charge is 0.464 e. The van der Waals surface area contributed by atoms with Crippen LogP contribution in [-0.4, -0.2) is 0 Å². The van der Waals surface area contributed by atoms with E-state index in [2.05, 4.69) is 0 Å². The van der Waals surface area contributed by atoms with Gasteiger partial charge in [0.15, 0.2) is 0 Å². The predicted octanol–water partition coefficient (Wildman–Crippen LogP) is 4.51. The van der Waals surface area contributed by atoms with Crippen LogP contribution >= 0.6 is 0 Å². The maximum atomic E-state index is 11.7. The first-order valence-corrected chi connectivity index (χ1v) is 6.73. The molecule has 4 aromatic rings. The highest BCUT2D eigenvalue weighted by atomic mass is 16.4. The van der Waals surface area contributed by atoms with Gasteiger partial charge in [-0.25, -0.2) is 4.79 Å². The molecule has 0 unspecified atom stereocenters. The van der Waals surface area contributed by atoms with E-state index in [1.807, 2.05) is 48.5 Å². The van der Waals surface area contributed by atoms with E-state index in [0.29, 0.717) is 11.1 Å². The van der Waals surface area contributed by atoms with E-state index in [9.17, 15) is 4.79 Å². The van der Waals surface area contributed by atoms with Gasteiger partial charge in [0, 0.05) is 21.9 Å². The maximum Gasteiger partial charge on any atom is 0.339 e. The van der Waals surface area contributed by atoms with Crippen molar-refractivity contribution in [1.29, 1.82) is 0 Å². The van der Waals surface area contributed by atoms with Crippen molar-refractivity contribution < 1.29 is 8.83 Å². The summed E-state index contributed by atoms with van der Waals surface area (Å²) in [6, 6.07) is 15.6. The van der Waals surface area contributed by atoms with Crippen molar-refractivity contribution in [3.8, 4) is 11.1 Å². The van der Waals surface area contributed by atoms with Crippen LogP contribution in [0.4, 0.5) is 0 Å². The van der Waals surface area contributed by atoms with Crippen LogP contribution in [0, 0.1) is 6.92 Å². The van der Waals surface area contributed by atoms with Crippen LogP contribution in [0.5, 0.6) is 0 Å². The third-order valence-electron chi connectivity index (χ3n) is 3.69. The molecule has 0 aliphatic carbocycles. The molecule has 2 aromatic heterocycles. The van der Waals surface area contributed by atoms with Crippen LogP contribution in [0.3, 0.4) is 0 Å². The number of fused-ring (bicyclic) bond motifs is 2. The monoisotopic (exact) mass is 276 g/mol. The molecule has 21 heavy (non-hydrogen) atoms. The molecule has 3 nitrogen and oxygen atoms in total. The molecule has 102 valence electrons. The molecule has 0 radical (unpaired) electrons. The number of hydrogen-bond donors (Lipinski definition) is 0. The Morgan fingerprint density at radius 2 is 1.76 bits per heavy atom. The average Bonchev–Trinajstić information content (AvgIpc) is 2.90. The van der Waals surface area contributed by atoms with Crippen molar-refractivity contribution in [3.63, 3.8) is 0 Å². The lowest BCUT2D eigenvalue weighted by atomic mass is 10.0. The van der Waals surface area contributed by atoms with E-state index in [1.54, 1.807) is 13.2 Å². The molecule has 0 amide bonds. The van der Waals surface area contributed by atoms with Crippen LogP contribution in [0.1, 0.15) is 5.56 Å². The second-order valence-electron chi connectivity index (χ2n) is 5.12. The Balaban J connectivity index is 2.06. The molecular formula is C18H12O3. The quantitative estimate of drug-likeness (QED) is 0.480. The van der Waals surface area contributed by atoms with E-state index >= 15 is 0 Å². The first-order valence-electron chi connectivity index (χ1n) is 6.73. The Bertz CT molecular complexity index is 1010. The Labute approximate surface area is 120 Å². The van der Waals surface area contributed by atoms with Crippen molar-refractivity contribution in [1.82, 2.24) is 0 Å². The minimum absolute atomic E-state index is 0.299. The lowest BCUT2D eigenvalue weighted by molar-refractivity contribution is 0.555. The Morgan fingerprint density at radius 3 is 2.57 bits per heavy atom. The summed E-state index contributed by atoms with van der Waals surface area (Å²) in [6.07, 6.45) is 1.74. The fourth-order valence-electron chi connectivity index (χ4n) is 2.58. The average molecular weight is 276 g/mol. The van der Waals surface area contributed by atoms with Gasteiger partial charge in [0.25, 0.3) is 0 Å². The van der Waals surface area contributed by atoms with Crippen molar-refractivity contribution in [2.45, 2.75) is 6.92 Å². The van der Waals surface area contributed by atoms with Crippen LogP contribution in [0.15, 0.2) is 68.4 Å². The van der Waals surface area contributed by atoms with Gasteiger partial charge in [-0.15, -0.1) is 0 Å². The van der Waals surface area contributed by atoms with Gasteiger partial charge in [0.1, 0.15) is 11.2 Å². The molecule has 3 heteroatoms. The molecule has 0 saturated carbocycles. The van der Waals surface area contributed by atoms with E-state index in [-0.39, 0.29) is 5.63 Å². The third kappa shape index (κ3) is 1.86. The summed E-state index contributed by atoms with van der Waals surface area (Å²) in [6.45, 7) is 1.74. The molecule has 2 aromatic carbocycles. The molecule has 0 fully saturated rings. The van der Waals surface area contributed by atoms with Crippen LogP contribution < -0.4 is 5.63 Å². The molecule has 0 aliphatic rings. The summed E-state index contributed by atoms with van der Waals surface area (Å²) in [5, 5.41) is 1.81. The lowest BCUT2D eigenvalue weighted by Gasteiger charge is -2.00. The standard InChI is InChI=1S/C18H12O3/c1-11-7-13-8-17-14(9-16(13)21-18(11)19)15(10-20-17)12-5-3-2-4-6-12/h2-10H,1H3. The van der Waals surface area contributed by atoms with Crippen molar-refractivity contribution in [2.24, 2.45) is 0 Å². The van der Waals surface area contributed by atoms with Crippen molar-refractivity contribution in [3.05, 3.63) is 70.8 Å². The third-order valence-corrected chi connectivity index (χ3v) is 3.69. The molecule has 0 spiro atoms. The lowest BCUT2D eigenvalue weighted by Crippen LogP contribution is -2.01. The summed E-state index contributed by atoms with van der Waals surface area (Å²) in [4.78, 5) is 11.7. The van der Waals surface area contributed by atoms with Crippen LogP contribution in [0.25, 0.3) is 33.1 Å². The van der Waals surface area contributed by atoms with E-state index in [0.717, 1.165) is 27.5 Å². The summed E-state index contributed by atoms with van der Waals surface area (Å²) < 4.78 is 11.0. The molecule has 0 N–H and O–H groups in total. The van der Waals surface area contributed by atoms with E-state index in [4.69, 9.17) is 8.83 Å². The predicted molar refractivity (Wildman–Crippen MR) is 82.4 cm³/mol. The second kappa shape index (κ2) is 4.35. The van der Waals surface area contributed by atoms with Gasteiger partial charge >= 0.3 is 5.63 Å². The minimum atomic E-state index is -0.299. The number of aryl methyl sites for hydroxylation is 1. The number of benzene rings is 2. The van der Waals surface area contributed by atoms with E-state index < -0.39 is 0 Å². The maximum absolute atomic E-state index is 11.7. The van der Waals surface area contributed by atoms with Crippen molar-refractivity contribution in [2.75, 3.05) is 0 Å². The summed E-state index contributed by atoms with van der Waals surface area (Å²) in [5.41, 5.74) is 3.73. The molecule has 4 rings (SSSR count). The minimum Gasteiger partial charge on any atom is -0.464 e. The zero-order valence-corrected chi connectivity index (χ0v) is 11.4. The number of rotatable bonds is 1. The zero-order chi connectivity index (χ0) is 14.4. The van der Waals surface area contributed by atoms with Gasteiger partial charge in [-0.2, -0.15) is 0 Å². The fraction of sp³-hybridized carbons (Fsp3) is 0.0556. The van der Waals surface area contributed by atoms with Gasteiger partial charge in [0.2, 0.25) is 0 Å². The van der Waals surface area contributed by atoms with E-state index in [1.165, 1.54) is 0 Å². The number of hydrogen-bond acceptors (Lipinski definition) is 3. The normalized spacial score (nSPS) is 11.3. The number of furan rings is 1. The van der Waals surface area contributed by atoms with Gasteiger partial charge < -0.3 is 8.83 Å². The fourth-order valence-corrected chi connectivity index (χ4v) is 2.58. The highest BCUT2D eigenvalue weighted by molar-refractivity contribution is 6.01. The topological polar surface area (TPSA) is 43.4 Å². The second-order valence-corrected chi connectivity index (χ2v) is 5.12. The molecule has 0 saturated heterocycles. The van der Waals surface area contributed by atoms with Crippen LogP contribution in [-0.2, 0) is 0 Å².